The maximum Gasteiger partial charge on any atom is 0.276 e. The molecule has 0 unspecified atom stereocenters. The molecule has 2 aromatic rings. The summed E-state index contributed by atoms with van der Waals surface area (Å²) in [5, 5.41) is 21.5. The smallest absolute Gasteiger partial charge is 0.276 e. The van der Waals surface area contributed by atoms with Crippen LogP contribution >= 0.6 is 0 Å². The normalized spacial score (nSPS) is 14.0. The molecule has 0 bridgehead atoms. The SMILES string of the molecule is COc1cc([N+](=O)[O-])ccc1NC(=O)c1ccc(N2CCOCC2)nn1. The highest BCUT2D eigenvalue weighted by atomic mass is 16.6. The predicted molar refractivity (Wildman–Crippen MR) is 92.7 cm³/mol. The number of nitro benzene ring substituents is 1. The van der Waals surface area contributed by atoms with Crippen LogP contribution in [0.1, 0.15) is 10.5 Å². The van der Waals surface area contributed by atoms with Gasteiger partial charge < -0.3 is 19.7 Å². The fourth-order valence-electron chi connectivity index (χ4n) is 2.49. The van der Waals surface area contributed by atoms with Crippen LogP contribution in [0.25, 0.3) is 0 Å². The summed E-state index contributed by atoms with van der Waals surface area (Å²) in [6.45, 7) is 2.70. The third-order valence-corrected chi connectivity index (χ3v) is 3.86. The van der Waals surface area contributed by atoms with Crippen molar-refractivity contribution < 1.29 is 19.2 Å². The van der Waals surface area contributed by atoms with Gasteiger partial charge in [-0.15, -0.1) is 10.2 Å². The van der Waals surface area contributed by atoms with Crippen molar-refractivity contribution >= 4 is 23.1 Å². The molecule has 1 amide bonds. The first-order chi connectivity index (χ1) is 12.6. The second-order valence-electron chi connectivity index (χ2n) is 5.47. The molecule has 0 spiro atoms. The summed E-state index contributed by atoms with van der Waals surface area (Å²) in [5.74, 6) is 0.376. The van der Waals surface area contributed by atoms with Gasteiger partial charge in [0, 0.05) is 19.2 Å². The zero-order valence-electron chi connectivity index (χ0n) is 14.0. The van der Waals surface area contributed by atoms with Gasteiger partial charge in [0.2, 0.25) is 0 Å². The van der Waals surface area contributed by atoms with E-state index in [9.17, 15) is 14.9 Å². The molecule has 1 aliphatic rings. The van der Waals surface area contributed by atoms with Crippen LogP contribution in [0.4, 0.5) is 17.2 Å². The van der Waals surface area contributed by atoms with Gasteiger partial charge in [-0.2, -0.15) is 0 Å². The van der Waals surface area contributed by atoms with Crippen LogP contribution in [-0.2, 0) is 4.74 Å². The van der Waals surface area contributed by atoms with Crippen molar-refractivity contribution in [3.63, 3.8) is 0 Å². The first kappa shape index (κ1) is 17.5. The van der Waals surface area contributed by atoms with Crippen molar-refractivity contribution in [3.8, 4) is 5.75 Å². The Kier molecular flexibility index (Phi) is 5.23. The number of carbonyl (C=O) groups is 1. The minimum absolute atomic E-state index is 0.127. The molecular formula is C16H17N5O5. The molecule has 0 radical (unpaired) electrons. The monoisotopic (exact) mass is 359 g/mol. The summed E-state index contributed by atoms with van der Waals surface area (Å²) in [5.41, 5.74) is 0.305. The summed E-state index contributed by atoms with van der Waals surface area (Å²) < 4.78 is 10.4. The average molecular weight is 359 g/mol. The first-order valence-electron chi connectivity index (χ1n) is 7.88. The van der Waals surface area contributed by atoms with Crippen LogP contribution in [-0.4, -0.2) is 54.4 Å². The van der Waals surface area contributed by atoms with E-state index in [1.165, 1.54) is 25.3 Å². The number of benzene rings is 1. The molecule has 10 nitrogen and oxygen atoms in total. The molecule has 0 atom stereocenters. The predicted octanol–water partition coefficient (Wildman–Crippen LogP) is 1.48. The van der Waals surface area contributed by atoms with E-state index in [2.05, 4.69) is 15.5 Å². The van der Waals surface area contributed by atoms with E-state index in [0.29, 0.717) is 24.7 Å². The Morgan fingerprint density at radius 3 is 2.65 bits per heavy atom. The third kappa shape index (κ3) is 3.86. The first-order valence-corrected chi connectivity index (χ1v) is 7.88. The van der Waals surface area contributed by atoms with Crippen molar-refractivity contribution in [1.29, 1.82) is 0 Å². The lowest BCUT2D eigenvalue weighted by Crippen LogP contribution is -2.37. The summed E-state index contributed by atoms with van der Waals surface area (Å²) in [7, 11) is 1.37. The zero-order chi connectivity index (χ0) is 18.5. The number of morpholine rings is 1. The lowest BCUT2D eigenvalue weighted by Gasteiger charge is -2.27. The molecule has 1 aromatic heterocycles. The molecule has 1 N–H and O–H groups in total. The van der Waals surface area contributed by atoms with E-state index in [-0.39, 0.29) is 17.1 Å². The summed E-state index contributed by atoms with van der Waals surface area (Å²) in [4.78, 5) is 24.7. The number of rotatable bonds is 5. The van der Waals surface area contributed by atoms with Gasteiger partial charge in [0.25, 0.3) is 11.6 Å². The summed E-state index contributed by atoms with van der Waals surface area (Å²) >= 11 is 0. The van der Waals surface area contributed by atoms with Gasteiger partial charge in [0.05, 0.1) is 37.0 Å². The van der Waals surface area contributed by atoms with E-state index in [1.54, 1.807) is 12.1 Å². The maximum atomic E-state index is 12.4. The Morgan fingerprint density at radius 1 is 1.27 bits per heavy atom. The number of hydrogen-bond donors (Lipinski definition) is 1. The van der Waals surface area contributed by atoms with Gasteiger partial charge in [-0.3, -0.25) is 14.9 Å². The van der Waals surface area contributed by atoms with E-state index in [1.807, 2.05) is 4.90 Å². The Balaban J connectivity index is 1.72. The lowest BCUT2D eigenvalue weighted by molar-refractivity contribution is -0.384. The van der Waals surface area contributed by atoms with Gasteiger partial charge >= 0.3 is 0 Å². The van der Waals surface area contributed by atoms with Gasteiger partial charge in [-0.05, 0) is 18.2 Å². The standard InChI is InChI=1S/C16H17N5O5/c1-25-14-10-11(21(23)24)2-3-12(14)17-16(22)13-4-5-15(19-18-13)20-6-8-26-9-7-20/h2-5,10H,6-9H2,1H3,(H,17,22). The number of methoxy groups -OCH3 is 1. The number of aromatic nitrogens is 2. The zero-order valence-corrected chi connectivity index (χ0v) is 14.0. The Hall–Kier alpha value is -3.27. The number of non-ortho nitro benzene ring substituents is 1. The Bertz CT molecular complexity index is 805. The molecular weight excluding hydrogens is 342 g/mol. The number of nitro groups is 1. The lowest BCUT2D eigenvalue weighted by atomic mass is 10.2. The van der Waals surface area contributed by atoms with Crippen LogP contribution in [0.2, 0.25) is 0 Å². The fourth-order valence-corrected chi connectivity index (χ4v) is 2.49. The molecule has 0 aliphatic carbocycles. The van der Waals surface area contributed by atoms with E-state index >= 15 is 0 Å². The number of carbonyl (C=O) groups excluding carboxylic acids is 1. The Labute approximate surface area is 148 Å². The quantitative estimate of drug-likeness (QED) is 0.630. The number of nitrogens with one attached hydrogen (secondary N) is 1. The minimum Gasteiger partial charge on any atom is -0.494 e. The van der Waals surface area contributed by atoms with Crippen molar-refractivity contribution in [2.75, 3.05) is 43.6 Å². The highest BCUT2D eigenvalue weighted by Gasteiger charge is 2.17. The fraction of sp³-hybridized carbons (Fsp3) is 0.312. The summed E-state index contributed by atoms with van der Waals surface area (Å²) in [6.07, 6.45) is 0. The number of nitrogens with zero attached hydrogens (tertiary/aromatic N) is 4. The van der Waals surface area contributed by atoms with Crippen molar-refractivity contribution in [2.24, 2.45) is 0 Å². The third-order valence-electron chi connectivity index (χ3n) is 3.86. The molecule has 10 heteroatoms. The van der Waals surface area contributed by atoms with Crippen molar-refractivity contribution in [1.82, 2.24) is 10.2 Å². The van der Waals surface area contributed by atoms with Crippen LogP contribution in [0.3, 0.4) is 0 Å². The molecule has 2 heterocycles. The molecule has 136 valence electrons. The molecule has 3 rings (SSSR count). The highest BCUT2D eigenvalue weighted by Crippen LogP contribution is 2.29. The van der Waals surface area contributed by atoms with Gasteiger partial charge in [0.1, 0.15) is 5.75 Å². The van der Waals surface area contributed by atoms with Gasteiger partial charge in [-0.1, -0.05) is 0 Å². The number of amides is 1. The van der Waals surface area contributed by atoms with Crippen molar-refractivity contribution in [2.45, 2.75) is 0 Å². The molecule has 1 aromatic carbocycles. The molecule has 0 saturated carbocycles. The van der Waals surface area contributed by atoms with E-state index in [4.69, 9.17) is 9.47 Å². The number of ether oxygens (including phenoxy) is 2. The Morgan fingerprint density at radius 2 is 2.04 bits per heavy atom. The number of anilines is 2. The topological polar surface area (TPSA) is 120 Å². The molecule has 1 aliphatic heterocycles. The van der Waals surface area contributed by atoms with E-state index in [0.717, 1.165) is 13.1 Å². The second kappa shape index (κ2) is 7.74. The van der Waals surface area contributed by atoms with Crippen LogP contribution in [0.5, 0.6) is 5.75 Å². The van der Waals surface area contributed by atoms with E-state index < -0.39 is 10.8 Å². The van der Waals surface area contributed by atoms with Gasteiger partial charge in [0.15, 0.2) is 11.5 Å². The maximum absolute atomic E-state index is 12.4. The van der Waals surface area contributed by atoms with Crippen molar-refractivity contribution in [3.05, 3.63) is 46.1 Å². The van der Waals surface area contributed by atoms with Crippen LogP contribution in [0.15, 0.2) is 30.3 Å². The molecule has 1 saturated heterocycles. The molecule has 26 heavy (non-hydrogen) atoms. The largest absolute Gasteiger partial charge is 0.494 e. The average Bonchev–Trinajstić information content (AvgIpc) is 2.69. The van der Waals surface area contributed by atoms with Gasteiger partial charge in [-0.25, -0.2) is 0 Å². The van der Waals surface area contributed by atoms with Crippen LogP contribution < -0.4 is 15.0 Å². The summed E-state index contributed by atoms with van der Waals surface area (Å²) in [6, 6.07) is 7.23. The number of hydrogen-bond acceptors (Lipinski definition) is 8. The highest BCUT2D eigenvalue weighted by molar-refractivity contribution is 6.03. The van der Waals surface area contributed by atoms with Crippen LogP contribution in [0, 0.1) is 10.1 Å². The second-order valence-corrected chi connectivity index (χ2v) is 5.47. The minimum atomic E-state index is -0.538. The molecule has 1 fully saturated rings.